The Kier molecular flexibility index (Phi) is 5.48. The van der Waals surface area contributed by atoms with Crippen LogP contribution in [0.4, 0.5) is 13.2 Å². The Morgan fingerprint density at radius 2 is 1.97 bits per heavy atom. The highest BCUT2D eigenvalue weighted by Crippen LogP contribution is 2.24. The predicted octanol–water partition coefficient (Wildman–Crippen LogP) is 1.95. The molecule has 0 saturated heterocycles. The van der Waals surface area contributed by atoms with E-state index in [1.807, 2.05) is 6.07 Å². The zero-order valence-electron chi connectivity index (χ0n) is 14.9. The number of halogens is 3. The number of alkyl halides is 3. The van der Waals surface area contributed by atoms with Crippen molar-refractivity contribution < 1.29 is 26.4 Å². The second-order valence-corrected chi connectivity index (χ2v) is 8.16. The number of rotatable bonds is 4. The van der Waals surface area contributed by atoms with E-state index in [1.54, 1.807) is 0 Å². The van der Waals surface area contributed by atoms with Gasteiger partial charge < -0.3 is 9.80 Å². The second-order valence-electron chi connectivity index (χ2n) is 6.40. The Morgan fingerprint density at radius 1 is 1.28 bits per heavy atom. The molecule has 2 aliphatic rings. The molecule has 7 nitrogen and oxygen atoms in total. The van der Waals surface area contributed by atoms with Gasteiger partial charge in [-0.1, -0.05) is 12.1 Å². The number of nitrogens with zero attached hydrogens (tertiary/aromatic N) is 4. The molecule has 0 saturated carbocycles. The van der Waals surface area contributed by atoms with Crippen LogP contribution in [0.5, 0.6) is 0 Å². The molecule has 0 N–H and O–H groups in total. The summed E-state index contributed by atoms with van der Waals surface area (Å²) in [6, 6.07) is 7.70. The number of nitriles is 1. The monoisotopic (exact) mass is 424 g/mol. The molecule has 0 bridgehead atoms. The lowest BCUT2D eigenvalue weighted by molar-refractivity contribution is -0.159. The third kappa shape index (κ3) is 5.03. The molecule has 0 aromatic heterocycles. The van der Waals surface area contributed by atoms with Crippen LogP contribution in [-0.4, -0.2) is 55.0 Å². The van der Waals surface area contributed by atoms with Crippen molar-refractivity contribution in [2.24, 2.45) is 4.40 Å². The van der Waals surface area contributed by atoms with Crippen LogP contribution in [0.1, 0.15) is 11.1 Å². The number of amides is 1. The highest BCUT2D eigenvalue weighted by Gasteiger charge is 2.37. The molecule has 0 unspecified atom stereocenters. The summed E-state index contributed by atoms with van der Waals surface area (Å²) in [5.41, 5.74) is 0.497. The topological polar surface area (TPSA) is 93.8 Å². The highest BCUT2D eigenvalue weighted by molar-refractivity contribution is 7.90. The number of carbonyl (C=O) groups is 1. The average Bonchev–Trinajstić information content (AvgIpc) is 2.65. The molecule has 0 aliphatic carbocycles. The second kappa shape index (κ2) is 7.71. The number of amidine groups is 1. The van der Waals surface area contributed by atoms with Crippen LogP contribution in [0.15, 0.2) is 52.6 Å². The third-order valence-corrected chi connectivity index (χ3v) is 5.35. The van der Waals surface area contributed by atoms with Crippen molar-refractivity contribution in [2.75, 3.05) is 18.8 Å². The van der Waals surface area contributed by atoms with Gasteiger partial charge in [0.1, 0.15) is 6.54 Å². The molecule has 152 valence electrons. The van der Waals surface area contributed by atoms with Gasteiger partial charge in [0.2, 0.25) is 0 Å². The van der Waals surface area contributed by atoms with E-state index in [4.69, 9.17) is 5.26 Å². The molecule has 3 rings (SSSR count). The van der Waals surface area contributed by atoms with Gasteiger partial charge in [0, 0.05) is 19.3 Å². The summed E-state index contributed by atoms with van der Waals surface area (Å²) in [5, 5.41) is 8.83. The molecule has 0 fully saturated rings. The first-order valence-electron chi connectivity index (χ1n) is 8.41. The fourth-order valence-corrected chi connectivity index (χ4v) is 3.86. The van der Waals surface area contributed by atoms with E-state index in [0.717, 1.165) is 0 Å². The van der Waals surface area contributed by atoms with Crippen molar-refractivity contribution in [3.05, 3.63) is 59.3 Å². The Bertz CT molecular complexity index is 1050. The first-order chi connectivity index (χ1) is 13.6. The fraction of sp³-hybridized carbons (Fsp3) is 0.278. The van der Waals surface area contributed by atoms with E-state index in [9.17, 15) is 26.4 Å². The lowest BCUT2D eigenvalue weighted by Crippen LogP contribution is -2.45. The van der Waals surface area contributed by atoms with Gasteiger partial charge in [0.25, 0.3) is 15.9 Å². The lowest BCUT2D eigenvalue weighted by Gasteiger charge is -2.31. The van der Waals surface area contributed by atoms with Gasteiger partial charge in [-0.3, -0.25) is 4.79 Å². The standard InChI is InChI=1S/C18H15F3N4O3S/c19-18(20,21)12-25(11-14-5-3-13(10-22)4-6-14)17(26)15-2-1-7-24-8-9-29(27,28)23-16(15)24/h1-7H,8-9,11-12H2. The summed E-state index contributed by atoms with van der Waals surface area (Å²) in [5.74, 6) is -1.42. The van der Waals surface area contributed by atoms with E-state index in [2.05, 4.69) is 4.40 Å². The largest absolute Gasteiger partial charge is 0.406 e. The summed E-state index contributed by atoms with van der Waals surface area (Å²) in [7, 11) is -3.80. The van der Waals surface area contributed by atoms with Gasteiger partial charge in [-0.2, -0.15) is 18.4 Å². The molecule has 29 heavy (non-hydrogen) atoms. The van der Waals surface area contributed by atoms with Gasteiger partial charge >= 0.3 is 6.18 Å². The first-order valence-corrected chi connectivity index (χ1v) is 10.0. The van der Waals surface area contributed by atoms with Crippen LogP contribution in [0.3, 0.4) is 0 Å². The van der Waals surface area contributed by atoms with Gasteiger partial charge in [-0.15, -0.1) is 4.40 Å². The van der Waals surface area contributed by atoms with Crippen molar-refractivity contribution in [3.8, 4) is 6.07 Å². The summed E-state index contributed by atoms with van der Waals surface area (Å²) < 4.78 is 66.5. The maximum atomic E-state index is 13.1. The molecule has 1 aromatic carbocycles. The molecular formula is C18H15F3N4O3S. The third-order valence-electron chi connectivity index (χ3n) is 4.20. The van der Waals surface area contributed by atoms with E-state index >= 15 is 0 Å². The number of sulfonamides is 1. The number of fused-ring (bicyclic) bond motifs is 1. The molecule has 1 amide bonds. The Labute approximate surface area is 165 Å². The number of hydrogen-bond donors (Lipinski definition) is 0. The van der Waals surface area contributed by atoms with E-state index in [0.29, 0.717) is 16.0 Å². The van der Waals surface area contributed by atoms with Gasteiger partial charge in [0.15, 0.2) is 5.84 Å². The van der Waals surface area contributed by atoms with Gasteiger partial charge in [-0.05, 0) is 29.8 Å². The molecular weight excluding hydrogens is 409 g/mol. The maximum absolute atomic E-state index is 13.1. The normalized spacial score (nSPS) is 17.7. The number of hydrogen-bond acceptors (Lipinski definition) is 5. The highest BCUT2D eigenvalue weighted by atomic mass is 32.2. The van der Waals surface area contributed by atoms with Crippen LogP contribution in [0.2, 0.25) is 0 Å². The van der Waals surface area contributed by atoms with Crippen LogP contribution in [-0.2, 0) is 21.4 Å². The van der Waals surface area contributed by atoms with E-state index in [1.165, 1.54) is 47.5 Å². The van der Waals surface area contributed by atoms with Crippen molar-refractivity contribution in [1.29, 1.82) is 5.26 Å². The van der Waals surface area contributed by atoms with E-state index < -0.39 is 28.7 Å². The molecule has 11 heteroatoms. The summed E-state index contributed by atoms with van der Waals surface area (Å²) in [6.07, 6.45) is -0.440. The minimum atomic E-state index is -4.66. The minimum Gasteiger partial charge on any atom is -0.331 e. The summed E-state index contributed by atoms with van der Waals surface area (Å²) in [4.78, 5) is 14.9. The molecule has 2 aliphatic heterocycles. The van der Waals surface area contributed by atoms with Crippen LogP contribution in [0, 0.1) is 11.3 Å². The Balaban J connectivity index is 1.93. The van der Waals surface area contributed by atoms with Gasteiger partial charge in [0.05, 0.1) is 23.0 Å². The SMILES string of the molecule is N#Cc1ccc(CN(CC(F)(F)F)C(=O)C2=CC=CN3CCS(=O)(=O)N=C23)cc1. The average molecular weight is 424 g/mol. The first kappa shape index (κ1) is 20.6. The molecule has 0 spiro atoms. The molecule has 2 heterocycles. The number of carbonyl (C=O) groups excluding carboxylic acids is 1. The Hall–Kier alpha value is -3.13. The summed E-state index contributed by atoms with van der Waals surface area (Å²) in [6.45, 7) is -1.84. The zero-order valence-corrected chi connectivity index (χ0v) is 15.7. The van der Waals surface area contributed by atoms with Crippen molar-refractivity contribution in [2.45, 2.75) is 12.7 Å². The Morgan fingerprint density at radius 3 is 2.59 bits per heavy atom. The zero-order chi connectivity index (χ0) is 21.2. The molecule has 1 aromatic rings. The van der Waals surface area contributed by atoms with Crippen molar-refractivity contribution in [3.63, 3.8) is 0 Å². The predicted molar refractivity (Wildman–Crippen MR) is 97.8 cm³/mol. The maximum Gasteiger partial charge on any atom is 0.406 e. The lowest BCUT2D eigenvalue weighted by atomic mass is 10.1. The number of benzene rings is 1. The van der Waals surface area contributed by atoms with Crippen molar-refractivity contribution in [1.82, 2.24) is 9.80 Å². The summed E-state index contributed by atoms with van der Waals surface area (Å²) >= 11 is 0. The number of allylic oxidation sites excluding steroid dienone is 2. The van der Waals surface area contributed by atoms with Gasteiger partial charge in [-0.25, -0.2) is 8.42 Å². The van der Waals surface area contributed by atoms with Crippen LogP contribution in [0.25, 0.3) is 0 Å². The van der Waals surface area contributed by atoms with Crippen LogP contribution < -0.4 is 0 Å². The van der Waals surface area contributed by atoms with Crippen LogP contribution >= 0.6 is 0 Å². The van der Waals surface area contributed by atoms with Crippen molar-refractivity contribution >= 4 is 21.8 Å². The smallest absolute Gasteiger partial charge is 0.331 e. The molecule has 0 atom stereocenters. The molecule has 0 radical (unpaired) electrons. The fourth-order valence-electron chi connectivity index (χ4n) is 2.87. The quantitative estimate of drug-likeness (QED) is 0.737. The van der Waals surface area contributed by atoms with E-state index in [-0.39, 0.29) is 30.3 Å². The minimum absolute atomic E-state index is 0.0528.